The number of rotatable bonds is 2. The van der Waals surface area contributed by atoms with E-state index in [1.165, 1.54) is 6.92 Å². The summed E-state index contributed by atoms with van der Waals surface area (Å²) in [6.07, 6.45) is -4.77. The van der Waals surface area contributed by atoms with E-state index in [9.17, 15) is 18.0 Å². The fraction of sp³-hybridized carbons (Fsp3) is 0.700. The van der Waals surface area contributed by atoms with E-state index in [1.807, 2.05) is 0 Å². The highest BCUT2D eigenvalue weighted by molar-refractivity contribution is 5.79. The highest BCUT2D eigenvalue weighted by Crippen LogP contribution is 2.38. The van der Waals surface area contributed by atoms with Gasteiger partial charge in [0, 0.05) is 6.42 Å². The van der Waals surface area contributed by atoms with Crippen molar-refractivity contribution in [2.24, 2.45) is 0 Å². The molecule has 1 fully saturated rings. The quantitative estimate of drug-likeness (QED) is 0.818. The van der Waals surface area contributed by atoms with E-state index in [1.54, 1.807) is 6.92 Å². The van der Waals surface area contributed by atoms with Gasteiger partial charge in [-0.25, -0.2) is 0 Å². The zero-order valence-electron chi connectivity index (χ0n) is 9.86. The third-order valence-electron chi connectivity index (χ3n) is 2.95. The van der Waals surface area contributed by atoms with Crippen molar-refractivity contribution >= 4 is 5.91 Å². The molecule has 1 aromatic rings. The third kappa shape index (κ3) is 2.19. The molecular formula is C10H12F3N3O2. The molecule has 0 N–H and O–H groups in total. The first-order chi connectivity index (χ1) is 8.30. The summed E-state index contributed by atoms with van der Waals surface area (Å²) in [5.74, 6) is -0.190. The van der Waals surface area contributed by atoms with Gasteiger partial charge in [-0.2, -0.15) is 18.2 Å². The van der Waals surface area contributed by atoms with Crippen LogP contribution in [0.3, 0.4) is 0 Å². The fourth-order valence-electron chi connectivity index (χ4n) is 2.11. The standard InChI is InChI=1S/C10H12F3N3O2/c1-5(9-14-6(2)15-18-9)16-7(10(11,12)13)3-4-8(16)17/h5,7H,3-4H2,1-2H3. The molecule has 2 rings (SSSR count). The largest absolute Gasteiger partial charge is 0.408 e. The molecule has 1 aliphatic heterocycles. The van der Waals surface area contributed by atoms with Crippen LogP contribution < -0.4 is 0 Å². The number of hydrogen-bond acceptors (Lipinski definition) is 4. The molecule has 2 heterocycles. The second kappa shape index (κ2) is 4.25. The average Bonchev–Trinajstić information content (AvgIpc) is 2.82. The van der Waals surface area contributed by atoms with Crippen LogP contribution in [0.5, 0.6) is 0 Å². The van der Waals surface area contributed by atoms with Crippen LogP contribution in [0.4, 0.5) is 13.2 Å². The second-order valence-electron chi connectivity index (χ2n) is 4.25. The SMILES string of the molecule is Cc1noc(C(C)N2C(=O)CCC2C(F)(F)F)n1. The molecule has 2 unspecified atom stereocenters. The summed E-state index contributed by atoms with van der Waals surface area (Å²) in [4.78, 5) is 16.2. The van der Waals surface area contributed by atoms with Gasteiger partial charge in [0.25, 0.3) is 0 Å². The van der Waals surface area contributed by atoms with Gasteiger partial charge in [0.05, 0.1) is 0 Å². The molecule has 1 aromatic heterocycles. The summed E-state index contributed by atoms with van der Waals surface area (Å²) in [5.41, 5.74) is 0. The second-order valence-corrected chi connectivity index (χ2v) is 4.25. The topological polar surface area (TPSA) is 59.2 Å². The number of amides is 1. The van der Waals surface area contributed by atoms with E-state index in [0.717, 1.165) is 4.90 Å². The van der Waals surface area contributed by atoms with E-state index >= 15 is 0 Å². The van der Waals surface area contributed by atoms with Gasteiger partial charge in [0.15, 0.2) is 5.82 Å². The molecule has 0 saturated carbocycles. The van der Waals surface area contributed by atoms with E-state index < -0.39 is 24.2 Å². The number of hydrogen-bond donors (Lipinski definition) is 0. The monoisotopic (exact) mass is 263 g/mol. The summed E-state index contributed by atoms with van der Waals surface area (Å²) in [5, 5.41) is 3.52. The van der Waals surface area contributed by atoms with Gasteiger partial charge >= 0.3 is 6.18 Å². The maximum Gasteiger partial charge on any atom is 0.408 e. The van der Waals surface area contributed by atoms with Crippen LogP contribution in [0.2, 0.25) is 0 Å². The molecule has 1 aliphatic rings. The highest BCUT2D eigenvalue weighted by Gasteiger charge is 2.51. The zero-order valence-corrected chi connectivity index (χ0v) is 9.86. The molecule has 0 spiro atoms. The average molecular weight is 263 g/mol. The van der Waals surface area contributed by atoms with E-state index in [2.05, 4.69) is 10.1 Å². The number of nitrogens with zero attached hydrogens (tertiary/aromatic N) is 3. The van der Waals surface area contributed by atoms with Gasteiger partial charge in [-0.1, -0.05) is 5.16 Å². The van der Waals surface area contributed by atoms with Crippen LogP contribution in [0, 0.1) is 6.92 Å². The Hall–Kier alpha value is -1.60. The van der Waals surface area contributed by atoms with Crippen molar-refractivity contribution in [2.75, 3.05) is 0 Å². The number of carbonyl (C=O) groups is 1. The zero-order chi connectivity index (χ0) is 13.5. The van der Waals surface area contributed by atoms with Gasteiger partial charge in [-0.3, -0.25) is 4.79 Å². The van der Waals surface area contributed by atoms with E-state index in [-0.39, 0.29) is 18.7 Å². The summed E-state index contributed by atoms with van der Waals surface area (Å²) in [6.45, 7) is 3.02. The van der Waals surface area contributed by atoms with Crippen molar-refractivity contribution in [3.63, 3.8) is 0 Å². The normalized spacial score (nSPS) is 22.6. The Kier molecular flexibility index (Phi) is 3.04. The smallest absolute Gasteiger partial charge is 0.337 e. The van der Waals surface area contributed by atoms with Gasteiger partial charge in [0.2, 0.25) is 11.8 Å². The number of carbonyl (C=O) groups excluding carboxylic acids is 1. The Balaban J connectivity index is 2.26. The lowest BCUT2D eigenvalue weighted by atomic mass is 10.2. The number of alkyl halides is 3. The number of likely N-dealkylation sites (tertiary alicyclic amines) is 1. The maximum atomic E-state index is 12.8. The predicted molar refractivity (Wildman–Crippen MR) is 53.4 cm³/mol. The Bertz CT molecular complexity index is 457. The van der Waals surface area contributed by atoms with Crippen LogP contribution >= 0.6 is 0 Å². The van der Waals surface area contributed by atoms with Crippen molar-refractivity contribution in [3.8, 4) is 0 Å². The maximum absolute atomic E-state index is 12.8. The molecule has 1 saturated heterocycles. The molecule has 8 heteroatoms. The highest BCUT2D eigenvalue weighted by atomic mass is 19.4. The predicted octanol–water partition coefficient (Wildman–Crippen LogP) is 1.99. The van der Waals surface area contributed by atoms with Crippen LogP contribution in [0.25, 0.3) is 0 Å². The lowest BCUT2D eigenvalue weighted by Crippen LogP contribution is -2.44. The number of aryl methyl sites for hydroxylation is 1. The van der Waals surface area contributed by atoms with Crippen molar-refractivity contribution in [3.05, 3.63) is 11.7 Å². The van der Waals surface area contributed by atoms with Crippen LogP contribution in [0.15, 0.2) is 4.52 Å². The van der Waals surface area contributed by atoms with Gasteiger partial charge in [-0.15, -0.1) is 0 Å². The summed E-state index contributed by atoms with van der Waals surface area (Å²) in [7, 11) is 0. The number of halogens is 3. The molecular weight excluding hydrogens is 251 g/mol. The van der Waals surface area contributed by atoms with Crippen LogP contribution in [-0.4, -0.2) is 33.2 Å². The molecule has 0 aromatic carbocycles. The Labute approximate surface area is 101 Å². The minimum Gasteiger partial charge on any atom is -0.337 e. The lowest BCUT2D eigenvalue weighted by molar-refractivity contribution is -0.186. The van der Waals surface area contributed by atoms with E-state index in [0.29, 0.717) is 5.82 Å². The Morgan fingerprint density at radius 2 is 2.17 bits per heavy atom. The number of aromatic nitrogens is 2. The van der Waals surface area contributed by atoms with Crippen LogP contribution in [0.1, 0.15) is 37.5 Å². The minimum absolute atomic E-state index is 0.0250. The van der Waals surface area contributed by atoms with Crippen molar-refractivity contribution in [1.29, 1.82) is 0 Å². The molecule has 1 amide bonds. The molecule has 100 valence electrons. The minimum atomic E-state index is -4.44. The Morgan fingerprint density at radius 3 is 2.67 bits per heavy atom. The fourth-order valence-corrected chi connectivity index (χ4v) is 2.11. The first-order valence-electron chi connectivity index (χ1n) is 5.49. The third-order valence-corrected chi connectivity index (χ3v) is 2.95. The molecule has 0 aliphatic carbocycles. The molecule has 0 bridgehead atoms. The molecule has 18 heavy (non-hydrogen) atoms. The summed E-state index contributed by atoms with van der Waals surface area (Å²) >= 11 is 0. The molecule has 0 radical (unpaired) electrons. The van der Waals surface area contributed by atoms with E-state index in [4.69, 9.17) is 4.52 Å². The summed E-state index contributed by atoms with van der Waals surface area (Å²) < 4.78 is 43.2. The Morgan fingerprint density at radius 1 is 1.50 bits per heavy atom. The lowest BCUT2D eigenvalue weighted by Gasteiger charge is -2.30. The van der Waals surface area contributed by atoms with Crippen LogP contribution in [-0.2, 0) is 4.79 Å². The van der Waals surface area contributed by atoms with Gasteiger partial charge in [-0.05, 0) is 20.3 Å². The van der Waals surface area contributed by atoms with Crippen molar-refractivity contribution < 1.29 is 22.5 Å². The first-order valence-corrected chi connectivity index (χ1v) is 5.49. The molecule has 5 nitrogen and oxygen atoms in total. The first kappa shape index (κ1) is 12.8. The van der Waals surface area contributed by atoms with Crippen molar-refractivity contribution in [1.82, 2.24) is 15.0 Å². The van der Waals surface area contributed by atoms with Gasteiger partial charge < -0.3 is 9.42 Å². The van der Waals surface area contributed by atoms with Crippen molar-refractivity contribution in [2.45, 2.75) is 44.9 Å². The summed E-state index contributed by atoms with van der Waals surface area (Å²) in [6, 6.07) is -2.64. The molecule has 2 atom stereocenters. The van der Waals surface area contributed by atoms with Gasteiger partial charge in [0.1, 0.15) is 12.1 Å².